The number of aliphatic hydroxyl groups is 2. The summed E-state index contributed by atoms with van der Waals surface area (Å²) in [6.07, 6.45) is 5.77. The molecule has 38 heavy (non-hydrogen) atoms. The molecule has 3 atom stereocenters. The predicted molar refractivity (Wildman–Crippen MR) is 145 cm³/mol. The second-order valence-electron chi connectivity index (χ2n) is 9.39. The summed E-state index contributed by atoms with van der Waals surface area (Å²) < 4.78 is 17.5. The minimum atomic E-state index is -1.17. The number of rotatable bonds is 11. The van der Waals surface area contributed by atoms with Gasteiger partial charge in [0.2, 0.25) is 11.8 Å². The zero-order valence-electron chi connectivity index (χ0n) is 21.0. The lowest BCUT2D eigenvalue weighted by atomic mass is 9.82. The third-order valence-electron chi connectivity index (χ3n) is 6.93. The standard InChI is InChI=1S/C27H31IN2O8/c1-36-23-10-17(14-32)9-20(28)25(23)38-22-12-19(26(34)29-6-7-31)11-21(24(22)33)30(13-16-5-8-37-15-16)27(35)18-3-2-4-18/h5,8-10,12,14-15,18,21-22,24,31,33H,2-4,6-7,11,13H2,1H3,(H,29,34)/t21-,22+,24+/m1/s1. The second kappa shape index (κ2) is 12.8. The summed E-state index contributed by atoms with van der Waals surface area (Å²) in [6.45, 7) is 0.0461. The third kappa shape index (κ3) is 6.21. The van der Waals surface area contributed by atoms with E-state index in [-0.39, 0.29) is 37.9 Å². The Morgan fingerprint density at radius 3 is 2.71 bits per heavy atom. The van der Waals surface area contributed by atoms with Crippen LogP contribution in [0.4, 0.5) is 0 Å². The molecule has 0 saturated heterocycles. The molecule has 0 radical (unpaired) electrons. The fourth-order valence-corrected chi connectivity index (χ4v) is 5.42. The summed E-state index contributed by atoms with van der Waals surface area (Å²) in [5.74, 6) is -0.0279. The Labute approximate surface area is 234 Å². The molecular formula is C27H31IN2O8. The maximum Gasteiger partial charge on any atom is 0.247 e. The highest BCUT2D eigenvalue weighted by atomic mass is 127. The van der Waals surface area contributed by atoms with Crippen LogP contribution in [0.1, 0.15) is 41.6 Å². The number of amides is 2. The van der Waals surface area contributed by atoms with Crippen LogP contribution in [0.3, 0.4) is 0 Å². The lowest BCUT2D eigenvalue weighted by Gasteiger charge is -2.42. The smallest absolute Gasteiger partial charge is 0.247 e. The Balaban J connectivity index is 1.70. The molecule has 1 fully saturated rings. The summed E-state index contributed by atoms with van der Waals surface area (Å²) in [5.41, 5.74) is 1.50. The quantitative estimate of drug-likeness (QED) is 0.252. The molecule has 0 spiro atoms. The fraction of sp³-hybridized carbons (Fsp3) is 0.444. The van der Waals surface area contributed by atoms with Crippen LogP contribution in [0.5, 0.6) is 11.5 Å². The van der Waals surface area contributed by atoms with Crippen LogP contribution in [0.15, 0.2) is 46.8 Å². The summed E-state index contributed by atoms with van der Waals surface area (Å²) in [5, 5.41) is 23.4. The lowest BCUT2D eigenvalue weighted by Crippen LogP contribution is -2.56. The number of nitrogens with zero attached hydrogens (tertiary/aromatic N) is 1. The predicted octanol–water partition coefficient (Wildman–Crippen LogP) is 2.45. The second-order valence-corrected chi connectivity index (χ2v) is 10.6. The molecule has 1 saturated carbocycles. The molecule has 1 aromatic heterocycles. The number of halogens is 1. The third-order valence-corrected chi connectivity index (χ3v) is 7.73. The summed E-state index contributed by atoms with van der Waals surface area (Å²) in [6, 6.07) is 4.15. The summed E-state index contributed by atoms with van der Waals surface area (Å²) >= 11 is 2.02. The largest absolute Gasteiger partial charge is 0.493 e. The van der Waals surface area contributed by atoms with Crippen LogP contribution in [0.2, 0.25) is 0 Å². The monoisotopic (exact) mass is 638 g/mol. The van der Waals surface area contributed by atoms with Gasteiger partial charge >= 0.3 is 0 Å². The van der Waals surface area contributed by atoms with Gasteiger partial charge in [-0.2, -0.15) is 0 Å². The van der Waals surface area contributed by atoms with Gasteiger partial charge < -0.3 is 34.3 Å². The van der Waals surface area contributed by atoms with Crippen LogP contribution in [-0.2, 0) is 16.1 Å². The van der Waals surface area contributed by atoms with Gasteiger partial charge in [-0.05, 0) is 59.7 Å². The molecule has 0 bridgehead atoms. The molecule has 11 heteroatoms. The highest BCUT2D eigenvalue weighted by molar-refractivity contribution is 14.1. The van der Waals surface area contributed by atoms with Crippen molar-refractivity contribution in [2.24, 2.45) is 5.92 Å². The van der Waals surface area contributed by atoms with Crippen LogP contribution in [0.25, 0.3) is 0 Å². The van der Waals surface area contributed by atoms with E-state index in [9.17, 15) is 24.6 Å². The van der Waals surface area contributed by atoms with E-state index in [1.807, 2.05) is 22.6 Å². The van der Waals surface area contributed by atoms with Gasteiger partial charge in [-0.3, -0.25) is 14.4 Å². The first-order valence-electron chi connectivity index (χ1n) is 12.4. The van der Waals surface area contributed by atoms with Gasteiger partial charge in [0.1, 0.15) is 18.5 Å². The normalized spacial score (nSPS) is 21.2. The van der Waals surface area contributed by atoms with E-state index in [1.54, 1.807) is 29.4 Å². The molecule has 4 rings (SSSR count). The number of nitrogens with one attached hydrogen (secondary N) is 1. The molecule has 2 aliphatic carbocycles. The van der Waals surface area contributed by atoms with E-state index < -0.39 is 24.2 Å². The van der Waals surface area contributed by atoms with Gasteiger partial charge in [0, 0.05) is 42.1 Å². The number of methoxy groups -OCH3 is 1. The molecule has 1 heterocycles. The zero-order valence-corrected chi connectivity index (χ0v) is 23.1. The van der Waals surface area contributed by atoms with Crippen molar-refractivity contribution >= 4 is 40.7 Å². The van der Waals surface area contributed by atoms with Crippen molar-refractivity contribution in [3.8, 4) is 11.5 Å². The van der Waals surface area contributed by atoms with Crippen LogP contribution >= 0.6 is 22.6 Å². The molecule has 2 aliphatic rings. The highest BCUT2D eigenvalue weighted by Crippen LogP contribution is 2.38. The molecule has 2 amide bonds. The van der Waals surface area contributed by atoms with Crippen molar-refractivity contribution in [3.63, 3.8) is 0 Å². The lowest BCUT2D eigenvalue weighted by molar-refractivity contribution is -0.146. The highest BCUT2D eigenvalue weighted by Gasteiger charge is 2.43. The summed E-state index contributed by atoms with van der Waals surface area (Å²) in [4.78, 5) is 39.5. The van der Waals surface area contributed by atoms with Crippen molar-refractivity contribution < 1.29 is 38.5 Å². The van der Waals surface area contributed by atoms with Gasteiger partial charge in [0.15, 0.2) is 11.5 Å². The molecule has 0 aliphatic heterocycles. The van der Waals surface area contributed by atoms with E-state index in [0.29, 0.717) is 32.5 Å². The number of aldehydes is 1. The van der Waals surface area contributed by atoms with Crippen molar-refractivity contribution in [3.05, 3.63) is 57.1 Å². The van der Waals surface area contributed by atoms with Crippen molar-refractivity contribution in [1.29, 1.82) is 0 Å². The number of carbonyl (C=O) groups excluding carboxylic acids is 3. The number of furan rings is 1. The molecular weight excluding hydrogens is 607 g/mol. The molecule has 10 nitrogen and oxygen atoms in total. The van der Waals surface area contributed by atoms with Crippen molar-refractivity contribution in [1.82, 2.24) is 10.2 Å². The zero-order chi connectivity index (χ0) is 27.2. The first kappa shape index (κ1) is 28.1. The minimum Gasteiger partial charge on any atom is -0.493 e. The average molecular weight is 638 g/mol. The van der Waals surface area contributed by atoms with Gasteiger partial charge in [0.05, 0.1) is 35.9 Å². The molecule has 2 aromatic rings. The van der Waals surface area contributed by atoms with Crippen LogP contribution in [-0.4, -0.2) is 71.7 Å². The van der Waals surface area contributed by atoms with E-state index >= 15 is 0 Å². The van der Waals surface area contributed by atoms with Crippen molar-refractivity contribution in [2.45, 2.75) is 50.5 Å². The Hall–Kier alpha value is -2.90. The van der Waals surface area contributed by atoms with E-state index in [1.165, 1.54) is 19.4 Å². The Bertz CT molecular complexity index is 1180. The minimum absolute atomic E-state index is 0.0630. The molecule has 204 valence electrons. The number of hydrogen-bond donors (Lipinski definition) is 3. The van der Waals surface area contributed by atoms with Gasteiger partial charge in [-0.25, -0.2) is 0 Å². The van der Waals surface area contributed by atoms with Crippen LogP contribution < -0.4 is 14.8 Å². The Morgan fingerprint density at radius 1 is 1.32 bits per heavy atom. The first-order valence-corrected chi connectivity index (χ1v) is 13.5. The van der Waals surface area contributed by atoms with Gasteiger partial charge in [0.25, 0.3) is 0 Å². The number of hydrogen-bond acceptors (Lipinski definition) is 8. The van der Waals surface area contributed by atoms with E-state index in [2.05, 4.69) is 5.32 Å². The fourth-order valence-electron chi connectivity index (χ4n) is 4.67. The maximum atomic E-state index is 13.6. The van der Waals surface area contributed by atoms with Crippen molar-refractivity contribution in [2.75, 3.05) is 20.3 Å². The average Bonchev–Trinajstić information content (AvgIpc) is 3.40. The SMILES string of the molecule is COc1cc(C=O)cc(I)c1O[C@H]1C=C(C(=O)NCCO)C[C@@H](N(Cc2ccoc2)C(=O)C2CCC2)[C@@H]1O. The maximum absolute atomic E-state index is 13.6. The Kier molecular flexibility index (Phi) is 9.44. The molecule has 3 N–H and O–H groups in total. The number of benzene rings is 1. The van der Waals surface area contributed by atoms with Gasteiger partial charge in [-0.1, -0.05) is 6.42 Å². The number of aliphatic hydroxyl groups excluding tert-OH is 2. The van der Waals surface area contributed by atoms with Gasteiger partial charge in [-0.15, -0.1) is 0 Å². The Morgan fingerprint density at radius 2 is 2.11 bits per heavy atom. The van der Waals surface area contributed by atoms with E-state index in [0.717, 1.165) is 24.8 Å². The summed E-state index contributed by atoms with van der Waals surface area (Å²) in [7, 11) is 1.44. The number of carbonyl (C=O) groups is 3. The first-order chi connectivity index (χ1) is 18.4. The van der Waals surface area contributed by atoms with Crippen LogP contribution in [0, 0.1) is 9.49 Å². The molecule has 1 aromatic carbocycles. The van der Waals surface area contributed by atoms with E-state index in [4.69, 9.17) is 13.9 Å². The number of ether oxygens (including phenoxy) is 2. The topological polar surface area (TPSA) is 139 Å². The molecule has 0 unspecified atom stereocenters.